The van der Waals surface area contributed by atoms with Gasteiger partial charge < -0.3 is 19.8 Å². The first kappa shape index (κ1) is 15.7. The average molecular weight is 314 g/mol. The SMILES string of the molecule is Cc1[nH]c2ccc(C(=O)[O-])cc2c(=O)c1C[NH+]1CCC[C@H](C)C1. The number of carboxylic acids is 1. The summed E-state index contributed by atoms with van der Waals surface area (Å²) in [6.07, 6.45) is 2.45. The Kier molecular flexibility index (Phi) is 4.22. The molecule has 2 atom stereocenters. The minimum absolute atomic E-state index is 0.0387. The van der Waals surface area contributed by atoms with Gasteiger partial charge in [-0.05, 0) is 37.5 Å². The second-order valence-corrected chi connectivity index (χ2v) is 6.73. The standard InChI is InChI=1S/C18H22N2O3/c1-11-4-3-7-20(9-11)10-15-12(2)19-16-6-5-13(18(22)23)8-14(16)17(15)21/h5-6,8,11H,3-4,7,9-10H2,1-2H3,(H,19,21)(H,22,23)/t11-/m0/s1. The lowest BCUT2D eigenvalue weighted by molar-refractivity contribution is -0.922. The van der Waals surface area contributed by atoms with Crippen LogP contribution >= 0.6 is 0 Å². The van der Waals surface area contributed by atoms with Crippen molar-refractivity contribution in [2.24, 2.45) is 5.92 Å². The smallest absolute Gasteiger partial charge is 0.198 e. The van der Waals surface area contributed by atoms with Crippen LogP contribution in [0.5, 0.6) is 0 Å². The van der Waals surface area contributed by atoms with Crippen LogP contribution in [0.2, 0.25) is 0 Å². The maximum Gasteiger partial charge on any atom is 0.198 e. The minimum Gasteiger partial charge on any atom is -0.545 e. The van der Waals surface area contributed by atoms with Crippen LogP contribution in [0, 0.1) is 12.8 Å². The number of H-pyrrole nitrogens is 1. The number of aromatic nitrogens is 1. The molecule has 23 heavy (non-hydrogen) atoms. The van der Waals surface area contributed by atoms with Crippen molar-refractivity contribution in [2.75, 3.05) is 13.1 Å². The highest BCUT2D eigenvalue weighted by Crippen LogP contribution is 2.13. The number of rotatable bonds is 3. The molecule has 0 aliphatic carbocycles. The number of carbonyl (C=O) groups excluding carboxylic acids is 1. The third kappa shape index (κ3) is 3.15. The van der Waals surface area contributed by atoms with Crippen LogP contribution < -0.4 is 15.4 Å². The second kappa shape index (κ2) is 6.16. The third-order valence-corrected chi connectivity index (χ3v) is 4.84. The Morgan fingerprint density at radius 2 is 2.22 bits per heavy atom. The molecule has 1 aliphatic heterocycles. The van der Waals surface area contributed by atoms with Gasteiger partial charge in [0.05, 0.1) is 24.6 Å². The Balaban J connectivity index is 2.02. The van der Waals surface area contributed by atoms with E-state index in [2.05, 4.69) is 11.9 Å². The van der Waals surface area contributed by atoms with Crippen molar-refractivity contribution in [3.63, 3.8) is 0 Å². The molecular formula is C18H22N2O3. The first-order chi connectivity index (χ1) is 11.0. The monoisotopic (exact) mass is 314 g/mol. The van der Waals surface area contributed by atoms with Crippen LogP contribution in [0.4, 0.5) is 0 Å². The number of benzene rings is 1. The molecule has 1 fully saturated rings. The molecule has 5 heteroatoms. The van der Waals surface area contributed by atoms with Crippen LogP contribution in [0.3, 0.4) is 0 Å². The molecule has 5 nitrogen and oxygen atoms in total. The summed E-state index contributed by atoms with van der Waals surface area (Å²) in [7, 11) is 0. The van der Waals surface area contributed by atoms with Gasteiger partial charge in [0.15, 0.2) is 5.43 Å². The average Bonchev–Trinajstić information content (AvgIpc) is 2.51. The summed E-state index contributed by atoms with van der Waals surface area (Å²) in [6, 6.07) is 4.51. The largest absolute Gasteiger partial charge is 0.545 e. The van der Waals surface area contributed by atoms with Crippen molar-refractivity contribution in [1.29, 1.82) is 0 Å². The molecule has 2 N–H and O–H groups in total. The normalized spacial score (nSPS) is 21.5. The van der Waals surface area contributed by atoms with Gasteiger partial charge in [-0.1, -0.05) is 13.0 Å². The van der Waals surface area contributed by atoms with E-state index >= 15 is 0 Å². The van der Waals surface area contributed by atoms with Gasteiger partial charge >= 0.3 is 0 Å². The molecular weight excluding hydrogens is 292 g/mol. The number of carboxylic acid groups (broad SMARTS) is 1. The summed E-state index contributed by atoms with van der Waals surface area (Å²) in [5.74, 6) is -0.577. The molecule has 122 valence electrons. The highest BCUT2D eigenvalue weighted by Gasteiger charge is 2.22. The quantitative estimate of drug-likeness (QED) is 0.838. The summed E-state index contributed by atoms with van der Waals surface area (Å²) in [5.41, 5.74) is 2.27. The maximum absolute atomic E-state index is 12.8. The number of hydrogen-bond acceptors (Lipinski definition) is 3. The number of quaternary nitrogens is 1. The van der Waals surface area contributed by atoms with E-state index in [4.69, 9.17) is 0 Å². The van der Waals surface area contributed by atoms with Crippen molar-refractivity contribution in [3.8, 4) is 0 Å². The molecule has 1 aliphatic rings. The van der Waals surface area contributed by atoms with Gasteiger partial charge in [0, 0.05) is 22.5 Å². The lowest BCUT2D eigenvalue weighted by Crippen LogP contribution is -3.12. The highest BCUT2D eigenvalue weighted by molar-refractivity contribution is 5.92. The number of piperidine rings is 1. The Labute approximate surface area is 134 Å². The van der Waals surface area contributed by atoms with E-state index in [-0.39, 0.29) is 11.0 Å². The number of aromatic amines is 1. The van der Waals surface area contributed by atoms with Crippen molar-refractivity contribution >= 4 is 16.9 Å². The van der Waals surface area contributed by atoms with Crippen LogP contribution in [0.25, 0.3) is 10.9 Å². The zero-order chi connectivity index (χ0) is 16.6. The molecule has 1 unspecified atom stereocenters. The van der Waals surface area contributed by atoms with E-state index in [1.165, 1.54) is 29.9 Å². The summed E-state index contributed by atoms with van der Waals surface area (Å²) < 4.78 is 0. The van der Waals surface area contributed by atoms with Gasteiger partial charge in [0.25, 0.3) is 0 Å². The van der Waals surface area contributed by atoms with Gasteiger partial charge in [-0.25, -0.2) is 0 Å². The van der Waals surface area contributed by atoms with E-state index in [0.717, 1.165) is 24.3 Å². The molecule has 1 saturated heterocycles. The molecule has 3 rings (SSSR count). The Bertz CT molecular complexity index is 810. The zero-order valence-electron chi connectivity index (χ0n) is 13.6. The number of fused-ring (bicyclic) bond motifs is 1. The van der Waals surface area contributed by atoms with Crippen molar-refractivity contribution in [1.82, 2.24) is 4.98 Å². The molecule has 0 radical (unpaired) electrons. The predicted molar refractivity (Wildman–Crippen MR) is 86.4 cm³/mol. The number of aryl methyl sites for hydroxylation is 1. The summed E-state index contributed by atoms with van der Waals surface area (Å²) in [4.78, 5) is 28.5. The molecule has 1 aromatic heterocycles. The van der Waals surface area contributed by atoms with E-state index in [9.17, 15) is 14.7 Å². The van der Waals surface area contributed by atoms with Crippen LogP contribution in [0.15, 0.2) is 23.0 Å². The number of likely N-dealkylation sites (tertiary alicyclic amines) is 1. The van der Waals surface area contributed by atoms with E-state index in [1.807, 2.05) is 6.92 Å². The van der Waals surface area contributed by atoms with E-state index in [0.29, 0.717) is 23.4 Å². The molecule has 2 heterocycles. The Morgan fingerprint density at radius 1 is 1.43 bits per heavy atom. The molecule has 1 aromatic carbocycles. The number of nitrogens with one attached hydrogen (secondary N) is 2. The Hall–Kier alpha value is -2.14. The van der Waals surface area contributed by atoms with Crippen molar-refractivity contribution in [3.05, 3.63) is 45.2 Å². The second-order valence-electron chi connectivity index (χ2n) is 6.73. The lowest BCUT2D eigenvalue weighted by Gasteiger charge is -2.28. The highest BCUT2D eigenvalue weighted by atomic mass is 16.4. The number of carbonyl (C=O) groups is 1. The summed E-state index contributed by atoms with van der Waals surface area (Å²) in [5, 5.41) is 11.5. The Morgan fingerprint density at radius 3 is 2.91 bits per heavy atom. The van der Waals surface area contributed by atoms with Crippen molar-refractivity contribution < 1.29 is 14.8 Å². The molecule has 0 saturated carbocycles. The van der Waals surface area contributed by atoms with Gasteiger partial charge in [-0.3, -0.25) is 4.79 Å². The fraction of sp³-hybridized carbons (Fsp3) is 0.444. The molecule has 2 aromatic rings. The fourth-order valence-corrected chi connectivity index (χ4v) is 3.60. The number of aromatic carboxylic acids is 1. The van der Waals surface area contributed by atoms with Crippen LogP contribution in [0.1, 0.15) is 41.4 Å². The van der Waals surface area contributed by atoms with Gasteiger partial charge in [-0.15, -0.1) is 0 Å². The van der Waals surface area contributed by atoms with Crippen molar-refractivity contribution in [2.45, 2.75) is 33.2 Å². The third-order valence-electron chi connectivity index (χ3n) is 4.84. The summed E-state index contributed by atoms with van der Waals surface area (Å²) >= 11 is 0. The first-order valence-electron chi connectivity index (χ1n) is 8.16. The van der Waals surface area contributed by atoms with Gasteiger partial charge in [0.1, 0.15) is 6.54 Å². The van der Waals surface area contributed by atoms with E-state index in [1.54, 1.807) is 6.07 Å². The zero-order valence-corrected chi connectivity index (χ0v) is 13.6. The lowest BCUT2D eigenvalue weighted by atomic mass is 9.99. The number of hydrogen-bond donors (Lipinski definition) is 2. The topological polar surface area (TPSA) is 77.4 Å². The van der Waals surface area contributed by atoms with Crippen LogP contribution in [-0.4, -0.2) is 24.0 Å². The number of pyridine rings is 1. The minimum atomic E-state index is -1.26. The fourth-order valence-electron chi connectivity index (χ4n) is 3.60. The first-order valence-corrected chi connectivity index (χ1v) is 8.16. The van der Waals surface area contributed by atoms with Crippen LogP contribution in [-0.2, 0) is 6.54 Å². The van der Waals surface area contributed by atoms with Gasteiger partial charge in [0.2, 0.25) is 0 Å². The molecule has 0 amide bonds. The summed E-state index contributed by atoms with van der Waals surface area (Å²) in [6.45, 7) is 7.02. The van der Waals surface area contributed by atoms with Gasteiger partial charge in [-0.2, -0.15) is 0 Å². The molecule has 0 spiro atoms. The maximum atomic E-state index is 12.8. The van der Waals surface area contributed by atoms with E-state index < -0.39 is 5.97 Å². The predicted octanol–water partition coefficient (Wildman–Crippen LogP) is 0.0148. The molecule has 0 bridgehead atoms.